The molecule has 9 nitrogen and oxygen atoms in total. The molecule has 0 heterocycles. The lowest BCUT2D eigenvalue weighted by molar-refractivity contribution is -0.384. The minimum Gasteiger partial charge on any atom is -0.490 e. The van der Waals surface area contributed by atoms with Crippen LogP contribution in [0.2, 0.25) is 0 Å². The lowest BCUT2D eigenvalue weighted by Gasteiger charge is -2.13. The second kappa shape index (κ2) is 11.1. The fourth-order valence-electron chi connectivity index (χ4n) is 2.35. The maximum atomic E-state index is 12.3. The molecule has 10 heteroatoms. The number of nitro groups is 1. The van der Waals surface area contributed by atoms with E-state index >= 15 is 0 Å². The maximum absolute atomic E-state index is 12.3. The van der Waals surface area contributed by atoms with E-state index in [1.54, 1.807) is 6.07 Å². The predicted molar refractivity (Wildman–Crippen MR) is 113 cm³/mol. The molecular formula is C20H21BrN2O7. The first-order valence-electron chi connectivity index (χ1n) is 9.16. The zero-order valence-corrected chi connectivity index (χ0v) is 18.1. The van der Waals surface area contributed by atoms with Gasteiger partial charge in [-0.25, -0.2) is 4.79 Å². The number of hydrogen-bond acceptors (Lipinski definition) is 7. The number of nitrogens with one attached hydrogen (secondary N) is 1. The van der Waals surface area contributed by atoms with Gasteiger partial charge in [-0.3, -0.25) is 14.9 Å². The molecule has 2 aromatic rings. The van der Waals surface area contributed by atoms with Crippen LogP contribution >= 0.6 is 15.9 Å². The monoisotopic (exact) mass is 480 g/mol. The van der Waals surface area contributed by atoms with E-state index in [4.69, 9.17) is 14.2 Å². The summed E-state index contributed by atoms with van der Waals surface area (Å²) in [5.74, 6) is -0.350. The molecule has 2 aromatic carbocycles. The average Bonchev–Trinajstić information content (AvgIpc) is 2.72. The molecule has 1 amide bonds. The molecule has 0 aliphatic rings. The molecular weight excluding hydrogens is 460 g/mol. The van der Waals surface area contributed by atoms with Crippen molar-refractivity contribution >= 4 is 39.2 Å². The van der Waals surface area contributed by atoms with Crippen molar-refractivity contribution in [3.63, 3.8) is 0 Å². The molecule has 160 valence electrons. The average molecular weight is 481 g/mol. The summed E-state index contributed by atoms with van der Waals surface area (Å²) in [6, 6.07) is 8.54. The Hall–Kier alpha value is -3.14. The van der Waals surface area contributed by atoms with Crippen molar-refractivity contribution in [2.45, 2.75) is 20.3 Å². The van der Waals surface area contributed by atoms with Crippen LogP contribution in [0.4, 0.5) is 11.4 Å². The Labute approximate surface area is 181 Å². The number of amides is 1. The second-order valence-electron chi connectivity index (χ2n) is 5.99. The molecule has 0 atom stereocenters. The van der Waals surface area contributed by atoms with Gasteiger partial charge in [-0.05, 0) is 53.5 Å². The van der Waals surface area contributed by atoms with Gasteiger partial charge in [-0.1, -0.05) is 6.92 Å². The number of carbonyl (C=O) groups excluding carboxylic acids is 2. The molecule has 1 N–H and O–H groups in total. The van der Waals surface area contributed by atoms with Crippen LogP contribution in [0, 0.1) is 10.1 Å². The zero-order chi connectivity index (χ0) is 22.1. The van der Waals surface area contributed by atoms with Crippen LogP contribution in [0.5, 0.6) is 11.5 Å². The normalized spacial score (nSPS) is 10.2. The van der Waals surface area contributed by atoms with E-state index in [2.05, 4.69) is 21.2 Å². The molecule has 0 aromatic heterocycles. The highest BCUT2D eigenvalue weighted by Crippen LogP contribution is 2.29. The van der Waals surface area contributed by atoms with Crippen molar-refractivity contribution in [1.29, 1.82) is 0 Å². The van der Waals surface area contributed by atoms with Gasteiger partial charge in [0.15, 0.2) is 18.1 Å². The Morgan fingerprint density at radius 1 is 1.10 bits per heavy atom. The van der Waals surface area contributed by atoms with Crippen molar-refractivity contribution in [3.8, 4) is 11.5 Å². The van der Waals surface area contributed by atoms with Crippen molar-refractivity contribution in [2.24, 2.45) is 0 Å². The number of ether oxygens (including phenoxy) is 3. The first-order valence-corrected chi connectivity index (χ1v) is 9.95. The molecule has 0 bridgehead atoms. The number of benzene rings is 2. The van der Waals surface area contributed by atoms with Gasteiger partial charge in [0.1, 0.15) is 0 Å². The number of rotatable bonds is 10. The standard InChI is InChI=1S/C20H21BrN2O7/c1-3-9-29-17-8-5-13(10-18(17)28-4-2)20(25)30-12-19(24)22-16-7-6-14(23(26)27)11-15(16)21/h5-8,10-11H,3-4,9,12H2,1-2H3,(H,22,24). The smallest absolute Gasteiger partial charge is 0.338 e. The Kier molecular flexibility index (Phi) is 8.60. The molecule has 30 heavy (non-hydrogen) atoms. The summed E-state index contributed by atoms with van der Waals surface area (Å²) in [5, 5.41) is 13.3. The maximum Gasteiger partial charge on any atom is 0.338 e. The number of nitrogens with zero attached hydrogens (tertiary/aromatic N) is 1. The summed E-state index contributed by atoms with van der Waals surface area (Å²) in [6.07, 6.45) is 0.829. The number of halogens is 1. The molecule has 0 aliphatic heterocycles. The lowest BCUT2D eigenvalue weighted by Crippen LogP contribution is -2.21. The number of hydrogen-bond donors (Lipinski definition) is 1. The third-order valence-electron chi connectivity index (χ3n) is 3.71. The minimum absolute atomic E-state index is 0.122. The van der Waals surface area contributed by atoms with Crippen LogP contribution in [0.15, 0.2) is 40.9 Å². The van der Waals surface area contributed by atoms with E-state index in [1.165, 1.54) is 30.3 Å². The van der Waals surface area contributed by atoms with Crippen LogP contribution in [0.3, 0.4) is 0 Å². The molecule has 0 unspecified atom stereocenters. The zero-order valence-electron chi connectivity index (χ0n) is 16.5. The predicted octanol–water partition coefficient (Wildman–Crippen LogP) is 4.34. The second-order valence-corrected chi connectivity index (χ2v) is 6.84. The fourth-order valence-corrected chi connectivity index (χ4v) is 2.82. The van der Waals surface area contributed by atoms with Gasteiger partial charge in [-0.2, -0.15) is 0 Å². The quantitative estimate of drug-likeness (QED) is 0.305. The van der Waals surface area contributed by atoms with Gasteiger partial charge < -0.3 is 19.5 Å². The summed E-state index contributed by atoms with van der Waals surface area (Å²) >= 11 is 3.16. The third-order valence-corrected chi connectivity index (χ3v) is 4.37. The van der Waals surface area contributed by atoms with Crippen molar-refractivity contribution in [2.75, 3.05) is 25.1 Å². The Bertz CT molecular complexity index is 933. The van der Waals surface area contributed by atoms with Crippen molar-refractivity contribution < 1.29 is 28.7 Å². The number of carbonyl (C=O) groups is 2. The summed E-state index contributed by atoms with van der Waals surface area (Å²) in [5.41, 5.74) is 0.409. The van der Waals surface area contributed by atoms with Crippen LogP contribution in [-0.2, 0) is 9.53 Å². The van der Waals surface area contributed by atoms with E-state index in [0.29, 0.717) is 34.9 Å². The first-order chi connectivity index (χ1) is 14.3. The number of nitro benzene ring substituents is 1. The van der Waals surface area contributed by atoms with Crippen molar-refractivity contribution in [3.05, 3.63) is 56.5 Å². The number of non-ortho nitro benzene ring substituents is 1. The highest BCUT2D eigenvalue weighted by atomic mass is 79.9. The Morgan fingerprint density at radius 2 is 1.87 bits per heavy atom. The highest BCUT2D eigenvalue weighted by molar-refractivity contribution is 9.10. The van der Waals surface area contributed by atoms with E-state index < -0.39 is 23.4 Å². The molecule has 0 spiro atoms. The lowest BCUT2D eigenvalue weighted by atomic mass is 10.2. The summed E-state index contributed by atoms with van der Waals surface area (Å²) in [6.45, 7) is 4.18. The van der Waals surface area contributed by atoms with E-state index in [9.17, 15) is 19.7 Å². The number of esters is 1. The molecule has 0 saturated carbocycles. The van der Waals surface area contributed by atoms with Gasteiger partial charge in [0.05, 0.1) is 29.4 Å². The molecule has 0 saturated heterocycles. The van der Waals surface area contributed by atoms with Gasteiger partial charge in [-0.15, -0.1) is 0 Å². The van der Waals surface area contributed by atoms with Crippen LogP contribution in [0.1, 0.15) is 30.6 Å². The van der Waals surface area contributed by atoms with Crippen molar-refractivity contribution in [1.82, 2.24) is 0 Å². The first kappa shape index (κ1) is 23.1. The van der Waals surface area contributed by atoms with Crippen LogP contribution in [-0.4, -0.2) is 36.6 Å². The highest BCUT2D eigenvalue weighted by Gasteiger charge is 2.16. The SMILES string of the molecule is CCCOc1ccc(C(=O)OCC(=O)Nc2ccc([N+](=O)[O-])cc2Br)cc1OCC. The van der Waals surface area contributed by atoms with Gasteiger partial charge >= 0.3 is 5.97 Å². The largest absolute Gasteiger partial charge is 0.490 e. The van der Waals surface area contributed by atoms with Crippen LogP contribution < -0.4 is 14.8 Å². The van der Waals surface area contributed by atoms with Gasteiger partial charge in [0.2, 0.25) is 0 Å². The molecule has 0 aliphatic carbocycles. The molecule has 0 radical (unpaired) electrons. The van der Waals surface area contributed by atoms with E-state index in [0.717, 1.165) is 6.42 Å². The third kappa shape index (κ3) is 6.45. The summed E-state index contributed by atoms with van der Waals surface area (Å²) in [4.78, 5) is 34.6. The fraction of sp³-hybridized carbons (Fsp3) is 0.300. The van der Waals surface area contributed by atoms with Gasteiger partial charge in [0.25, 0.3) is 11.6 Å². The Balaban J connectivity index is 1.98. The minimum atomic E-state index is -0.698. The number of anilines is 1. The Morgan fingerprint density at radius 3 is 2.50 bits per heavy atom. The molecule has 2 rings (SSSR count). The summed E-state index contributed by atoms with van der Waals surface area (Å²) < 4.78 is 16.5. The topological polar surface area (TPSA) is 117 Å². The summed E-state index contributed by atoms with van der Waals surface area (Å²) in [7, 11) is 0. The molecule has 0 fully saturated rings. The van der Waals surface area contributed by atoms with E-state index in [1.807, 2.05) is 13.8 Å². The van der Waals surface area contributed by atoms with Crippen LogP contribution in [0.25, 0.3) is 0 Å². The van der Waals surface area contributed by atoms with E-state index in [-0.39, 0.29) is 11.3 Å². The van der Waals surface area contributed by atoms with Gasteiger partial charge in [0, 0.05) is 16.6 Å².